The average Bonchev–Trinajstić information content (AvgIpc) is 2.44. The van der Waals surface area contributed by atoms with Gasteiger partial charge < -0.3 is 8.37 Å². The highest BCUT2D eigenvalue weighted by molar-refractivity contribution is 7.86. The maximum Gasteiger partial charge on any atom is 0.306 e. The molecule has 0 atom stereocenters. The molecule has 0 aliphatic rings. The summed E-state index contributed by atoms with van der Waals surface area (Å²) in [5.74, 6) is -0.951. The first-order valence-electron chi connectivity index (χ1n) is 6.58. The van der Waals surface area contributed by atoms with Crippen LogP contribution in [0.2, 0.25) is 0 Å². The molecule has 2 aromatic rings. The van der Waals surface area contributed by atoms with Crippen molar-refractivity contribution < 1.29 is 30.0 Å². The highest BCUT2D eigenvalue weighted by atomic mass is 32.2. The third kappa shape index (κ3) is 5.07. The molecule has 0 spiro atoms. The van der Waals surface area contributed by atoms with Crippen molar-refractivity contribution in [3.63, 3.8) is 0 Å². The second kappa shape index (κ2) is 6.62. The lowest BCUT2D eigenvalue weighted by atomic mass is 10.0. The molecule has 0 fully saturated rings. The topological polar surface area (TPSA) is 104 Å². The Morgan fingerprint density at radius 1 is 0.833 bits per heavy atom. The van der Waals surface area contributed by atoms with Crippen molar-refractivity contribution in [2.75, 3.05) is 12.5 Å². The van der Waals surface area contributed by atoms with E-state index in [1.54, 1.807) is 30.3 Å². The van der Waals surface area contributed by atoms with Crippen LogP contribution in [-0.4, -0.2) is 35.1 Å². The first kappa shape index (κ1) is 18.0. The van der Waals surface area contributed by atoms with Gasteiger partial charge in [-0.05, 0) is 12.1 Å². The fourth-order valence-electron chi connectivity index (χ4n) is 1.89. The predicted octanol–water partition coefficient (Wildman–Crippen LogP) is 1.59. The predicted molar refractivity (Wildman–Crippen MR) is 87.3 cm³/mol. The Morgan fingerprint density at radius 2 is 1.42 bits per heavy atom. The molecule has 0 aromatic heterocycles. The van der Waals surface area contributed by atoms with Crippen LogP contribution in [-0.2, 0) is 20.2 Å². The third-order valence-corrected chi connectivity index (χ3v) is 3.70. The average molecular weight is 370 g/mol. The lowest BCUT2D eigenvalue weighted by Gasteiger charge is -2.11. The van der Waals surface area contributed by atoms with Crippen molar-refractivity contribution >= 4 is 26.0 Å². The van der Waals surface area contributed by atoms with Gasteiger partial charge in [0.15, 0.2) is 11.5 Å². The number of ketones is 1. The zero-order valence-electron chi connectivity index (χ0n) is 12.8. The molecule has 0 unspecified atom stereocenters. The van der Waals surface area contributed by atoms with Gasteiger partial charge in [0, 0.05) is 11.6 Å². The van der Waals surface area contributed by atoms with Crippen molar-refractivity contribution in [1.82, 2.24) is 0 Å². The Labute approximate surface area is 140 Å². The Morgan fingerprint density at radius 3 is 1.96 bits per heavy atom. The van der Waals surface area contributed by atoms with Gasteiger partial charge in [0.1, 0.15) is 5.75 Å². The van der Waals surface area contributed by atoms with E-state index in [4.69, 9.17) is 4.18 Å². The molecular weight excluding hydrogens is 356 g/mol. The van der Waals surface area contributed by atoms with Gasteiger partial charge in [0.05, 0.1) is 18.1 Å². The summed E-state index contributed by atoms with van der Waals surface area (Å²) in [4.78, 5) is 12.5. The molecule has 2 aromatic carbocycles. The minimum atomic E-state index is -3.93. The van der Waals surface area contributed by atoms with Crippen LogP contribution in [0.15, 0.2) is 48.5 Å². The quantitative estimate of drug-likeness (QED) is 0.562. The van der Waals surface area contributed by atoms with E-state index < -0.39 is 26.0 Å². The van der Waals surface area contributed by atoms with Gasteiger partial charge >= 0.3 is 20.2 Å². The van der Waals surface area contributed by atoms with Crippen molar-refractivity contribution in [1.29, 1.82) is 0 Å². The van der Waals surface area contributed by atoms with Crippen molar-refractivity contribution in [3.05, 3.63) is 59.7 Å². The molecule has 0 saturated heterocycles. The monoisotopic (exact) mass is 370 g/mol. The maximum atomic E-state index is 12.5. The molecule has 0 radical (unpaired) electrons. The summed E-state index contributed by atoms with van der Waals surface area (Å²) in [5.41, 5.74) is 0.292. The lowest BCUT2D eigenvalue weighted by molar-refractivity contribution is 0.103. The lowest BCUT2D eigenvalue weighted by Crippen LogP contribution is -2.12. The largest absolute Gasteiger partial charge is 0.382 e. The summed E-state index contributed by atoms with van der Waals surface area (Å²) in [5, 5.41) is 0. The summed E-state index contributed by atoms with van der Waals surface area (Å²) < 4.78 is 54.7. The summed E-state index contributed by atoms with van der Waals surface area (Å²) in [6.07, 6.45) is 1.65. The maximum absolute atomic E-state index is 12.5. The number of benzene rings is 2. The smallest absolute Gasteiger partial charge is 0.306 e. The summed E-state index contributed by atoms with van der Waals surface area (Å²) in [6.45, 7) is 0. The molecule has 2 rings (SSSR count). The molecule has 128 valence electrons. The number of hydrogen-bond acceptors (Lipinski definition) is 7. The van der Waals surface area contributed by atoms with Gasteiger partial charge in [-0.25, -0.2) is 0 Å². The molecule has 0 heterocycles. The summed E-state index contributed by atoms with van der Waals surface area (Å²) >= 11 is 0. The Balaban J connectivity index is 2.52. The van der Waals surface area contributed by atoms with E-state index in [0.29, 0.717) is 5.56 Å². The van der Waals surface area contributed by atoms with Crippen LogP contribution in [0.4, 0.5) is 0 Å². The van der Waals surface area contributed by atoms with Crippen molar-refractivity contribution in [2.24, 2.45) is 0 Å². The number of carbonyl (C=O) groups excluding carboxylic acids is 1. The highest BCUT2D eigenvalue weighted by Gasteiger charge is 2.19. The highest BCUT2D eigenvalue weighted by Crippen LogP contribution is 2.28. The zero-order valence-corrected chi connectivity index (χ0v) is 14.4. The van der Waals surface area contributed by atoms with Gasteiger partial charge in [0.25, 0.3) is 0 Å². The zero-order chi connectivity index (χ0) is 18.0. The van der Waals surface area contributed by atoms with Crippen molar-refractivity contribution in [3.8, 4) is 11.5 Å². The van der Waals surface area contributed by atoms with E-state index in [9.17, 15) is 21.6 Å². The van der Waals surface area contributed by atoms with Gasteiger partial charge in [-0.2, -0.15) is 16.8 Å². The fraction of sp³-hybridized carbons (Fsp3) is 0.133. The standard InChI is InChI=1S/C15H14O7S2/c1-23(17,18)21-12-8-9-13(14(10-12)22-24(2,19)20)15(16)11-6-4-3-5-7-11/h3-10H,1-2H3. The van der Waals surface area contributed by atoms with E-state index in [0.717, 1.165) is 18.6 Å². The normalized spacial score (nSPS) is 11.8. The van der Waals surface area contributed by atoms with Gasteiger partial charge in [-0.1, -0.05) is 30.3 Å². The van der Waals surface area contributed by atoms with E-state index in [2.05, 4.69) is 4.18 Å². The number of carbonyl (C=O) groups is 1. The number of rotatable bonds is 6. The third-order valence-electron chi connectivity index (χ3n) is 2.72. The summed E-state index contributed by atoms with van der Waals surface area (Å²) in [7, 11) is -7.75. The molecule has 0 amide bonds. The Hall–Kier alpha value is -2.39. The molecule has 0 aliphatic carbocycles. The van der Waals surface area contributed by atoms with E-state index in [1.807, 2.05) is 0 Å². The molecule has 0 N–H and O–H groups in total. The second-order valence-electron chi connectivity index (χ2n) is 4.93. The van der Waals surface area contributed by atoms with Gasteiger partial charge in [-0.15, -0.1) is 0 Å². The minimum Gasteiger partial charge on any atom is -0.382 e. The molecule has 9 heteroatoms. The van der Waals surface area contributed by atoms with E-state index >= 15 is 0 Å². The second-order valence-corrected chi connectivity index (χ2v) is 8.08. The minimum absolute atomic E-state index is 0.0347. The van der Waals surface area contributed by atoms with Crippen LogP contribution in [0.3, 0.4) is 0 Å². The van der Waals surface area contributed by atoms with Crippen LogP contribution in [0.1, 0.15) is 15.9 Å². The molecule has 0 aliphatic heterocycles. The van der Waals surface area contributed by atoms with Crippen LogP contribution >= 0.6 is 0 Å². The van der Waals surface area contributed by atoms with Crippen LogP contribution in [0.5, 0.6) is 11.5 Å². The summed E-state index contributed by atoms with van der Waals surface area (Å²) in [6, 6.07) is 11.7. The Kier molecular flexibility index (Phi) is 4.95. The number of hydrogen-bond donors (Lipinski definition) is 0. The SMILES string of the molecule is CS(=O)(=O)Oc1ccc(C(=O)c2ccccc2)c(OS(C)(=O)=O)c1. The first-order chi connectivity index (χ1) is 11.1. The van der Waals surface area contributed by atoms with Crippen LogP contribution < -0.4 is 8.37 Å². The fourth-order valence-corrected chi connectivity index (χ4v) is 2.81. The van der Waals surface area contributed by atoms with Crippen LogP contribution in [0, 0.1) is 0 Å². The Bertz CT molecular complexity index is 962. The van der Waals surface area contributed by atoms with Crippen LogP contribution in [0.25, 0.3) is 0 Å². The van der Waals surface area contributed by atoms with E-state index in [-0.39, 0.29) is 17.1 Å². The molecule has 0 bridgehead atoms. The molecular formula is C15H14O7S2. The van der Waals surface area contributed by atoms with E-state index in [1.165, 1.54) is 12.1 Å². The van der Waals surface area contributed by atoms with Gasteiger partial charge in [0.2, 0.25) is 0 Å². The first-order valence-corrected chi connectivity index (χ1v) is 10.2. The molecule has 7 nitrogen and oxygen atoms in total. The van der Waals surface area contributed by atoms with Gasteiger partial charge in [-0.3, -0.25) is 4.79 Å². The molecule has 0 saturated carbocycles. The molecule has 24 heavy (non-hydrogen) atoms. The van der Waals surface area contributed by atoms with Crippen molar-refractivity contribution in [2.45, 2.75) is 0 Å².